The van der Waals surface area contributed by atoms with Gasteiger partial charge in [-0.15, -0.1) is 0 Å². The van der Waals surface area contributed by atoms with Gasteiger partial charge in [0, 0.05) is 11.3 Å². The Hall–Kier alpha value is -3.14. The molecule has 0 aliphatic carbocycles. The number of hydrogen-bond donors (Lipinski definition) is 2. The summed E-state index contributed by atoms with van der Waals surface area (Å²) in [6.45, 7) is 6.44. The molecule has 0 bridgehead atoms. The molecule has 0 aliphatic rings. The van der Waals surface area contributed by atoms with E-state index in [-0.39, 0.29) is 0 Å². The number of nitrogen functional groups attached to an aromatic ring is 1. The minimum absolute atomic E-state index is 0.291. The number of nitrogens with two attached hydrogens (primary N) is 1. The second kappa shape index (κ2) is 6.77. The van der Waals surface area contributed by atoms with Crippen molar-refractivity contribution in [3.63, 3.8) is 0 Å². The van der Waals surface area contributed by atoms with Crippen LogP contribution in [-0.2, 0) is 13.0 Å². The molecule has 3 aromatic heterocycles. The highest BCUT2D eigenvalue weighted by molar-refractivity contribution is 5.69. The van der Waals surface area contributed by atoms with Crippen molar-refractivity contribution in [2.24, 2.45) is 0 Å². The molecule has 0 radical (unpaired) electrons. The third-order valence-electron chi connectivity index (χ3n) is 4.19. The van der Waals surface area contributed by atoms with Gasteiger partial charge in [-0.2, -0.15) is 14.9 Å². The van der Waals surface area contributed by atoms with E-state index in [9.17, 15) is 5.26 Å². The Kier molecular flexibility index (Phi) is 4.52. The molecule has 3 rings (SSSR count). The lowest BCUT2D eigenvalue weighted by molar-refractivity contribution is 0.862. The van der Waals surface area contributed by atoms with Crippen molar-refractivity contribution in [3.05, 3.63) is 46.4 Å². The molecule has 128 valence electrons. The fourth-order valence-electron chi connectivity index (χ4n) is 2.72. The van der Waals surface area contributed by atoms with E-state index >= 15 is 0 Å². The molecule has 0 atom stereocenters. The largest absolute Gasteiger partial charge is 0.382 e. The summed E-state index contributed by atoms with van der Waals surface area (Å²) in [5, 5.41) is 17.0. The van der Waals surface area contributed by atoms with Gasteiger partial charge in [0.2, 0.25) is 0 Å². The van der Waals surface area contributed by atoms with E-state index in [2.05, 4.69) is 33.4 Å². The van der Waals surface area contributed by atoms with Crippen LogP contribution in [0.5, 0.6) is 0 Å². The second-order valence-electron chi connectivity index (χ2n) is 6.00. The van der Waals surface area contributed by atoms with Gasteiger partial charge in [0.1, 0.15) is 17.5 Å². The normalized spacial score (nSPS) is 10.8. The van der Waals surface area contributed by atoms with Crippen LogP contribution in [0.2, 0.25) is 0 Å². The van der Waals surface area contributed by atoms with Crippen molar-refractivity contribution in [1.82, 2.24) is 19.6 Å². The molecule has 0 fully saturated rings. The average Bonchev–Trinajstić information content (AvgIpc) is 2.89. The van der Waals surface area contributed by atoms with E-state index in [0.717, 1.165) is 35.5 Å². The first-order valence-electron chi connectivity index (χ1n) is 8.29. The van der Waals surface area contributed by atoms with E-state index < -0.39 is 0 Å². The van der Waals surface area contributed by atoms with Gasteiger partial charge in [0.05, 0.1) is 17.9 Å². The number of rotatable bonds is 5. The predicted octanol–water partition coefficient (Wildman–Crippen LogP) is 2.76. The van der Waals surface area contributed by atoms with Crippen LogP contribution in [0.25, 0.3) is 5.65 Å². The van der Waals surface area contributed by atoms with Crippen molar-refractivity contribution in [1.29, 1.82) is 5.26 Å². The van der Waals surface area contributed by atoms with Gasteiger partial charge in [0.15, 0.2) is 11.5 Å². The Balaban J connectivity index is 1.94. The molecule has 3 aromatic rings. The van der Waals surface area contributed by atoms with Crippen molar-refractivity contribution in [2.75, 3.05) is 11.1 Å². The molecule has 0 aromatic carbocycles. The van der Waals surface area contributed by atoms with Gasteiger partial charge < -0.3 is 11.1 Å². The second-order valence-corrected chi connectivity index (χ2v) is 6.00. The van der Waals surface area contributed by atoms with Crippen LogP contribution >= 0.6 is 0 Å². The van der Waals surface area contributed by atoms with Gasteiger partial charge in [-0.1, -0.05) is 19.4 Å². The van der Waals surface area contributed by atoms with Crippen LogP contribution in [-0.4, -0.2) is 19.6 Å². The fourth-order valence-corrected chi connectivity index (χ4v) is 2.72. The molecule has 7 nitrogen and oxygen atoms in total. The molecule has 0 aliphatic heterocycles. The summed E-state index contributed by atoms with van der Waals surface area (Å²) < 4.78 is 1.52. The van der Waals surface area contributed by atoms with E-state index in [1.165, 1.54) is 4.52 Å². The quantitative estimate of drug-likeness (QED) is 0.743. The third kappa shape index (κ3) is 3.11. The summed E-state index contributed by atoms with van der Waals surface area (Å²) >= 11 is 0. The number of hydrogen-bond acceptors (Lipinski definition) is 6. The summed E-state index contributed by atoms with van der Waals surface area (Å²) in [5.74, 6) is 0.747. The maximum atomic E-state index is 9.48. The van der Waals surface area contributed by atoms with Gasteiger partial charge in [-0.25, -0.2) is 4.98 Å². The van der Waals surface area contributed by atoms with Crippen LogP contribution in [0.4, 0.5) is 11.6 Å². The number of fused-ring (bicyclic) bond motifs is 1. The first kappa shape index (κ1) is 16.7. The number of anilines is 2. The predicted molar refractivity (Wildman–Crippen MR) is 97.1 cm³/mol. The van der Waals surface area contributed by atoms with Crippen LogP contribution in [0.15, 0.2) is 18.2 Å². The zero-order valence-corrected chi connectivity index (χ0v) is 14.7. The molecular formula is C18H21N7. The number of pyridine rings is 1. The fraction of sp³-hybridized carbons (Fsp3) is 0.333. The molecule has 25 heavy (non-hydrogen) atoms. The Labute approximate surface area is 146 Å². The Morgan fingerprint density at radius 1 is 1.24 bits per heavy atom. The smallest absolute Gasteiger partial charge is 0.162 e. The lowest BCUT2D eigenvalue weighted by Gasteiger charge is -2.11. The van der Waals surface area contributed by atoms with E-state index in [0.29, 0.717) is 29.4 Å². The monoisotopic (exact) mass is 335 g/mol. The number of aryl methyl sites for hydroxylation is 3. The van der Waals surface area contributed by atoms with Crippen molar-refractivity contribution < 1.29 is 0 Å². The molecule has 3 N–H and O–H groups in total. The molecule has 0 saturated carbocycles. The van der Waals surface area contributed by atoms with Gasteiger partial charge in [-0.05, 0) is 32.4 Å². The van der Waals surface area contributed by atoms with Crippen molar-refractivity contribution >= 4 is 17.3 Å². The van der Waals surface area contributed by atoms with Gasteiger partial charge in [0.25, 0.3) is 0 Å². The number of nitrogens with one attached hydrogen (secondary N) is 1. The highest BCUT2D eigenvalue weighted by Gasteiger charge is 2.17. The van der Waals surface area contributed by atoms with Crippen LogP contribution in [0.1, 0.15) is 41.6 Å². The maximum Gasteiger partial charge on any atom is 0.162 e. The highest BCUT2D eigenvalue weighted by Crippen LogP contribution is 2.24. The molecule has 7 heteroatoms. The number of aromatic nitrogens is 4. The summed E-state index contributed by atoms with van der Waals surface area (Å²) in [6, 6.07) is 8.09. The molecule has 0 unspecified atom stereocenters. The Bertz CT molecular complexity index is 966. The van der Waals surface area contributed by atoms with E-state index in [1.54, 1.807) is 0 Å². The summed E-state index contributed by atoms with van der Waals surface area (Å²) in [7, 11) is 0. The van der Waals surface area contributed by atoms with Crippen LogP contribution in [0.3, 0.4) is 0 Å². The van der Waals surface area contributed by atoms with Crippen LogP contribution < -0.4 is 11.1 Å². The van der Waals surface area contributed by atoms with Gasteiger partial charge in [-0.3, -0.25) is 4.98 Å². The van der Waals surface area contributed by atoms with E-state index in [1.807, 2.05) is 32.0 Å². The SMILES string of the molecule is CCCc1cccc(CNc2nc3c(C)c(C)nn3c(N)c2C#N)n1. The zero-order valence-electron chi connectivity index (χ0n) is 14.7. The Morgan fingerprint density at radius 3 is 2.72 bits per heavy atom. The summed E-state index contributed by atoms with van der Waals surface area (Å²) in [4.78, 5) is 9.18. The Morgan fingerprint density at radius 2 is 2.00 bits per heavy atom. The standard InChI is InChI=1S/C18H21N7/c1-4-6-13-7-5-8-14(22-13)10-21-17-15(9-19)16(20)25-18(23-17)11(2)12(3)24-25/h5,7-8H,4,6,10,20H2,1-3H3,(H,21,23). The molecule has 3 heterocycles. The highest BCUT2D eigenvalue weighted by atomic mass is 15.3. The third-order valence-corrected chi connectivity index (χ3v) is 4.19. The van der Waals surface area contributed by atoms with Crippen LogP contribution in [0, 0.1) is 25.2 Å². The average molecular weight is 335 g/mol. The summed E-state index contributed by atoms with van der Waals surface area (Å²) in [5.41, 5.74) is 10.8. The lowest BCUT2D eigenvalue weighted by Crippen LogP contribution is -2.11. The van der Waals surface area contributed by atoms with Crippen molar-refractivity contribution in [3.8, 4) is 6.07 Å². The molecule has 0 amide bonds. The number of nitriles is 1. The summed E-state index contributed by atoms with van der Waals surface area (Å²) in [6.07, 6.45) is 2.00. The minimum atomic E-state index is 0.291. The van der Waals surface area contributed by atoms with Gasteiger partial charge >= 0.3 is 0 Å². The molecule has 0 saturated heterocycles. The van der Waals surface area contributed by atoms with E-state index in [4.69, 9.17) is 5.73 Å². The molecule has 0 spiro atoms. The first-order valence-corrected chi connectivity index (χ1v) is 8.29. The number of nitrogens with zero attached hydrogens (tertiary/aromatic N) is 5. The maximum absolute atomic E-state index is 9.48. The molecular weight excluding hydrogens is 314 g/mol. The lowest BCUT2D eigenvalue weighted by atomic mass is 10.2. The topological polar surface area (TPSA) is 105 Å². The van der Waals surface area contributed by atoms with Crippen molar-refractivity contribution in [2.45, 2.75) is 40.2 Å². The minimum Gasteiger partial charge on any atom is -0.382 e. The first-order chi connectivity index (χ1) is 12.0. The zero-order chi connectivity index (χ0) is 18.0.